The zero-order valence-corrected chi connectivity index (χ0v) is 8.13. The maximum atomic E-state index is 5.59. The molecule has 0 unspecified atom stereocenters. The van der Waals surface area contributed by atoms with Gasteiger partial charge in [-0.05, 0) is 12.1 Å². The fourth-order valence-corrected chi connectivity index (χ4v) is 1.16. The van der Waals surface area contributed by atoms with Gasteiger partial charge in [0.2, 0.25) is 0 Å². The van der Waals surface area contributed by atoms with Crippen molar-refractivity contribution < 1.29 is 4.74 Å². The third-order valence-corrected chi connectivity index (χ3v) is 1.68. The lowest BCUT2D eigenvalue weighted by atomic mass is 9.95. The molecule has 1 aliphatic heterocycles. The predicted octanol–water partition coefficient (Wildman–Crippen LogP) is 1.31. The van der Waals surface area contributed by atoms with E-state index in [1.165, 1.54) is 0 Å². The SMILES string of the molecule is CC.[B]c1ccc2c(c1)NCCO2. The summed E-state index contributed by atoms with van der Waals surface area (Å²) in [5.74, 6) is 0.894. The molecular weight excluding hydrogens is 161 g/mol. The average Bonchev–Trinajstić information content (AvgIpc) is 2.21. The third-order valence-electron chi connectivity index (χ3n) is 1.68. The first-order valence-corrected chi connectivity index (χ1v) is 4.62. The molecule has 1 aromatic carbocycles. The lowest BCUT2D eigenvalue weighted by Crippen LogP contribution is -2.19. The van der Waals surface area contributed by atoms with Gasteiger partial charge in [0.05, 0.1) is 5.69 Å². The van der Waals surface area contributed by atoms with Crippen LogP contribution in [0.4, 0.5) is 5.69 Å². The molecular formula is C10H14BNO. The van der Waals surface area contributed by atoms with Crippen LogP contribution in [0.25, 0.3) is 0 Å². The molecule has 0 fully saturated rings. The van der Waals surface area contributed by atoms with E-state index >= 15 is 0 Å². The Kier molecular flexibility index (Phi) is 3.68. The summed E-state index contributed by atoms with van der Waals surface area (Å²) in [6, 6.07) is 5.61. The Morgan fingerprint density at radius 3 is 2.92 bits per heavy atom. The summed E-state index contributed by atoms with van der Waals surface area (Å²) in [5, 5.41) is 3.20. The molecule has 1 N–H and O–H groups in total. The summed E-state index contributed by atoms with van der Waals surface area (Å²) in [6.07, 6.45) is 0. The lowest BCUT2D eigenvalue weighted by molar-refractivity contribution is 0.323. The maximum Gasteiger partial charge on any atom is 0.142 e. The van der Waals surface area contributed by atoms with E-state index in [0.29, 0.717) is 0 Å². The molecule has 2 nitrogen and oxygen atoms in total. The largest absolute Gasteiger partial charge is 0.490 e. The van der Waals surface area contributed by atoms with Crippen LogP contribution in [0.5, 0.6) is 5.75 Å². The van der Waals surface area contributed by atoms with Crippen LogP contribution in [0.15, 0.2) is 18.2 Å². The van der Waals surface area contributed by atoms with Crippen LogP contribution in [0.2, 0.25) is 0 Å². The third kappa shape index (κ3) is 2.41. The molecule has 3 heteroatoms. The van der Waals surface area contributed by atoms with Gasteiger partial charge in [0.15, 0.2) is 0 Å². The van der Waals surface area contributed by atoms with Gasteiger partial charge in [0.1, 0.15) is 20.2 Å². The minimum Gasteiger partial charge on any atom is -0.490 e. The minimum atomic E-state index is 0.733. The molecule has 1 aromatic rings. The van der Waals surface area contributed by atoms with Crippen molar-refractivity contribution in [1.82, 2.24) is 0 Å². The van der Waals surface area contributed by atoms with E-state index in [2.05, 4.69) is 5.32 Å². The van der Waals surface area contributed by atoms with Crippen molar-refractivity contribution in [1.29, 1.82) is 0 Å². The van der Waals surface area contributed by atoms with Gasteiger partial charge in [0, 0.05) is 6.54 Å². The second kappa shape index (κ2) is 4.80. The van der Waals surface area contributed by atoms with Crippen LogP contribution >= 0.6 is 0 Å². The predicted molar refractivity (Wildman–Crippen MR) is 57.2 cm³/mol. The van der Waals surface area contributed by atoms with E-state index in [4.69, 9.17) is 12.6 Å². The molecule has 1 heterocycles. The van der Waals surface area contributed by atoms with Crippen molar-refractivity contribution in [2.75, 3.05) is 18.5 Å². The van der Waals surface area contributed by atoms with E-state index in [9.17, 15) is 0 Å². The minimum absolute atomic E-state index is 0.733. The van der Waals surface area contributed by atoms with E-state index < -0.39 is 0 Å². The van der Waals surface area contributed by atoms with Gasteiger partial charge in [-0.15, -0.1) is 0 Å². The van der Waals surface area contributed by atoms with Crippen LogP contribution < -0.4 is 15.5 Å². The molecule has 68 valence electrons. The zero-order valence-electron chi connectivity index (χ0n) is 8.13. The number of rotatable bonds is 0. The number of hydrogen-bond acceptors (Lipinski definition) is 2. The Bertz CT molecular complexity index is 276. The van der Waals surface area contributed by atoms with Crippen molar-refractivity contribution in [2.45, 2.75) is 13.8 Å². The summed E-state index contributed by atoms with van der Waals surface area (Å²) in [6.45, 7) is 5.59. The normalized spacial score (nSPS) is 12.8. The van der Waals surface area contributed by atoms with E-state index in [-0.39, 0.29) is 0 Å². The van der Waals surface area contributed by atoms with Crippen molar-refractivity contribution in [3.63, 3.8) is 0 Å². The quantitative estimate of drug-likeness (QED) is 0.600. The van der Waals surface area contributed by atoms with Crippen molar-refractivity contribution in [3.05, 3.63) is 18.2 Å². The van der Waals surface area contributed by atoms with Gasteiger partial charge in [-0.25, -0.2) is 0 Å². The summed E-state index contributed by atoms with van der Waals surface area (Å²) < 4.78 is 5.36. The molecule has 13 heavy (non-hydrogen) atoms. The number of fused-ring (bicyclic) bond motifs is 1. The molecule has 0 aromatic heterocycles. The monoisotopic (exact) mass is 175 g/mol. The summed E-state index contributed by atoms with van der Waals surface area (Å²) in [4.78, 5) is 0. The van der Waals surface area contributed by atoms with Gasteiger partial charge in [-0.2, -0.15) is 0 Å². The molecule has 0 aliphatic carbocycles. The van der Waals surface area contributed by atoms with E-state index in [1.54, 1.807) is 0 Å². The van der Waals surface area contributed by atoms with Crippen molar-refractivity contribution >= 4 is 19.0 Å². The molecule has 2 rings (SSSR count). The Labute approximate surface area is 80.7 Å². The van der Waals surface area contributed by atoms with Crippen LogP contribution in [-0.4, -0.2) is 21.0 Å². The van der Waals surface area contributed by atoms with Gasteiger partial charge in [-0.3, -0.25) is 0 Å². The number of nitrogens with one attached hydrogen (secondary N) is 1. The Morgan fingerprint density at radius 1 is 1.38 bits per heavy atom. The van der Waals surface area contributed by atoms with Crippen molar-refractivity contribution in [2.24, 2.45) is 0 Å². The summed E-state index contributed by atoms with van der Waals surface area (Å²) in [7, 11) is 5.59. The molecule has 0 bridgehead atoms. The molecule has 0 spiro atoms. The van der Waals surface area contributed by atoms with E-state index in [1.807, 2.05) is 32.0 Å². The highest BCUT2D eigenvalue weighted by atomic mass is 16.5. The Balaban J connectivity index is 0.000000396. The number of benzene rings is 1. The lowest BCUT2D eigenvalue weighted by Gasteiger charge is -2.19. The number of ether oxygens (including phenoxy) is 1. The first kappa shape index (κ1) is 9.97. The van der Waals surface area contributed by atoms with Gasteiger partial charge < -0.3 is 10.1 Å². The standard InChI is InChI=1S/C8H8BNO.C2H6/c9-6-1-2-8-7(5-6)10-3-4-11-8;1-2/h1-2,5,10H,3-4H2;1-2H3. The molecule has 0 amide bonds. The van der Waals surface area contributed by atoms with Gasteiger partial charge in [0.25, 0.3) is 0 Å². The van der Waals surface area contributed by atoms with Gasteiger partial charge >= 0.3 is 0 Å². The number of anilines is 1. The molecule has 2 radical (unpaired) electrons. The fraction of sp³-hybridized carbons (Fsp3) is 0.400. The molecule has 0 atom stereocenters. The van der Waals surface area contributed by atoms with Crippen LogP contribution in [0, 0.1) is 0 Å². The molecule has 0 saturated heterocycles. The average molecular weight is 175 g/mol. The number of hydrogen-bond donors (Lipinski definition) is 1. The highest BCUT2D eigenvalue weighted by Crippen LogP contribution is 2.24. The zero-order chi connectivity index (χ0) is 9.68. The van der Waals surface area contributed by atoms with Gasteiger partial charge in [-0.1, -0.05) is 25.4 Å². The van der Waals surface area contributed by atoms with Crippen LogP contribution in [0.3, 0.4) is 0 Å². The van der Waals surface area contributed by atoms with E-state index in [0.717, 1.165) is 30.1 Å². The molecule has 0 saturated carbocycles. The second-order valence-electron chi connectivity index (χ2n) is 2.53. The van der Waals surface area contributed by atoms with Crippen LogP contribution in [-0.2, 0) is 0 Å². The summed E-state index contributed by atoms with van der Waals surface area (Å²) >= 11 is 0. The fourth-order valence-electron chi connectivity index (χ4n) is 1.16. The van der Waals surface area contributed by atoms with Crippen molar-refractivity contribution in [3.8, 4) is 5.75 Å². The Hall–Kier alpha value is -1.12. The smallest absolute Gasteiger partial charge is 0.142 e. The van der Waals surface area contributed by atoms with Crippen LogP contribution in [0.1, 0.15) is 13.8 Å². The second-order valence-corrected chi connectivity index (χ2v) is 2.53. The highest BCUT2D eigenvalue weighted by Gasteiger charge is 2.07. The summed E-state index contributed by atoms with van der Waals surface area (Å²) in [5.41, 5.74) is 1.76. The topological polar surface area (TPSA) is 21.3 Å². The molecule has 1 aliphatic rings. The highest BCUT2D eigenvalue weighted by molar-refractivity contribution is 6.32. The maximum absolute atomic E-state index is 5.59. The first-order valence-electron chi connectivity index (χ1n) is 4.62. The Morgan fingerprint density at radius 2 is 2.15 bits per heavy atom. The first-order chi connectivity index (χ1) is 6.36.